The smallest absolute Gasteiger partial charge is 0.203 e. The molecule has 0 bridgehead atoms. The van der Waals surface area contributed by atoms with Crippen molar-refractivity contribution in [1.29, 1.82) is 0 Å². The molecule has 2 rings (SSSR count). The lowest BCUT2D eigenvalue weighted by atomic mass is 10.1. The van der Waals surface area contributed by atoms with Gasteiger partial charge >= 0.3 is 0 Å². The molecule has 1 aromatic heterocycles. The minimum atomic E-state index is -0.404. The molecule has 0 unspecified atom stereocenters. The fraction of sp³-hybridized carbons (Fsp3) is 0.0769. The number of benzene rings is 1. The van der Waals surface area contributed by atoms with Crippen LogP contribution in [-0.4, -0.2) is 11.2 Å². The van der Waals surface area contributed by atoms with Crippen LogP contribution >= 0.6 is 11.3 Å². The van der Waals surface area contributed by atoms with E-state index in [0.29, 0.717) is 5.13 Å². The summed E-state index contributed by atoms with van der Waals surface area (Å²) in [7, 11) is 0. The summed E-state index contributed by atoms with van der Waals surface area (Å²) in [5.74, 6) is 1.88. The molecule has 1 aromatic carbocycles. The molecule has 2 aromatic rings. The molecular formula is C13H10FN3S. The quantitative estimate of drug-likeness (QED) is 0.522. The number of aromatic nitrogens is 1. The number of halogens is 1. The average Bonchev–Trinajstić information content (AvgIpc) is 2.77. The number of aryl methyl sites for hydroxylation is 1. The van der Waals surface area contributed by atoms with Gasteiger partial charge in [0.1, 0.15) is 5.82 Å². The van der Waals surface area contributed by atoms with E-state index in [2.05, 4.69) is 21.4 Å². The number of hydrazone groups is 1. The number of thiazole rings is 1. The first-order chi connectivity index (χ1) is 8.69. The van der Waals surface area contributed by atoms with Crippen molar-refractivity contribution in [1.82, 2.24) is 4.98 Å². The molecule has 0 saturated heterocycles. The Balaban J connectivity index is 2.07. The fourth-order valence-corrected chi connectivity index (χ4v) is 1.94. The Morgan fingerprint density at radius 3 is 3.06 bits per heavy atom. The van der Waals surface area contributed by atoms with Crippen LogP contribution in [0.25, 0.3) is 0 Å². The molecular weight excluding hydrogens is 249 g/mol. The van der Waals surface area contributed by atoms with Gasteiger partial charge < -0.3 is 0 Å². The van der Waals surface area contributed by atoms with Crippen LogP contribution in [0.1, 0.15) is 16.8 Å². The summed E-state index contributed by atoms with van der Waals surface area (Å²) in [6.45, 7) is 1.91. The molecule has 0 fully saturated rings. The number of nitrogens with one attached hydrogen (secondary N) is 1. The third kappa shape index (κ3) is 2.93. The number of hydrogen-bond acceptors (Lipinski definition) is 4. The molecule has 1 N–H and O–H groups in total. The van der Waals surface area contributed by atoms with Crippen LogP contribution in [0.5, 0.6) is 0 Å². The number of hydrogen-bond donors (Lipinski definition) is 1. The van der Waals surface area contributed by atoms with Crippen LogP contribution in [0.4, 0.5) is 9.52 Å². The highest BCUT2D eigenvalue weighted by molar-refractivity contribution is 7.13. The van der Waals surface area contributed by atoms with Crippen molar-refractivity contribution in [2.75, 3.05) is 5.43 Å². The maximum absolute atomic E-state index is 13.1. The summed E-state index contributed by atoms with van der Waals surface area (Å²) in [5.41, 5.74) is 4.69. The Kier molecular flexibility index (Phi) is 3.70. The van der Waals surface area contributed by atoms with E-state index >= 15 is 0 Å². The maximum atomic E-state index is 13.1. The van der Waals surface area contributed by atoms with Crippen molar-refractivity contribution < 1.29 is 4.39 Å². The van der Waals surface area contributed by atoms with Gasteiger partial charge in [-0.2, -0.15) is 5.10 Å². The Morgan fingerprint density at radius 1 is 1.56 bits per heavy atom. The highest BCUT2D eigenvalue weighted by Gasteiger charge is 1.99. The Bertz CT molecular complexity index is 625. The van der Waals surface area contributed by atoms with Crippen molar-refractivity contribution in [2.45, 2.75) is 6.92 Å². The highest BCUT2D eigenvalue weighted by Crippen LogP contribution is 2.14. The van der Waals surface area contributed by atoms with Gasteiger partial charge in [-0.3, -0.25) is 5.43 Å². The lowest BCUT2D eigenvalue weighted by Gasteiger charge is -1.97. The maximum Gasteiger partial charge on any atom is 0.203 e. The van der Waals surface area contributed by atoms with Gasteiger partial charge in [0.05, 0.1) is 17.5 Å². The molecule has 0 aliphatic rings. The van der Waals surface area contributed by atoms with Gasteiger partial charge in [-0.15, -0.1) is 17.8 Å². The molecule has 0 saturated carbocycles. The van der Waals surface area contributed by atoms with E-state index in [0.717, 1.165) is 11.3 Å². The number of nitrogens with zero attached hydrogens (tertiary/aromatic N) is 2. The number of terminal acetylenes is 1. The molecule has 1 heterocycles. The van der Waals surface area contributed by atoms with Crippen molar-refractivity contribution in [3.63, 3.8) is 0 Å². The zero-order valence-corrected chi connectivity index (χ0v) is 10.5. The van der Waals surface area contributed by atoms with E-state index in [9.17, 15) is 4.39 Å². The summed E-state index contributed by atoms with van der Waals surface area (Å²) in [6, 6.07) is 4.49. The Morgan fingerprint density at radius 2 is 2.39 bits per heavy atom. The van der Waals surface area contributed by atoms with Gasteiger partial charge in [-0.1, -0.05) is 12.0 Å². The summed E-state index contributed by atoms with van der Waals surface area (Å²) < 4.78 is 13.1. The third-order valence-electron chi connectivity index (χ3n) is 2.14. The summed E-state index contributed by atoms with van der Waals surface area (Å²) in [5, 5.41) is 6.65. The van der Waals surface area contributed by atoms with Crippen LogP contribution in [0, 0.1) is 25.1 Å². The molecule has 0 atom stereocenters. The van der Waals surface area contributed by atoms with E-state index in [1.807, 2.05) is 12.3 Å². The predicted octanol–water partition coefficient (Wildman–Crippen LogP) is 3.02. The van der Waals surface area contributed by atoms with Crippen LogP contribution in [0.2, 0.25) is 0 Å². The first-order valence-electron chi connectivity index (χ1n) is 5.16. The zero-order valence-electron chi connectivity index (χ0n) is 9.64. The molecule has 0 aliphatic carbocycles. The summed E-state index contributed by atoms with van der Waals surface area (Å²) in [6.07, 6.45) is 6.75. The second-order valence-corrected chi connectivity index (χ2v) is 4.41. The lowest BCUT2D eigenvalue weighted by molar-refractivity contribution is 0.624. The van der Waals surface area contributed by atoms with Crippen molar-refractivity contribution in [3.8, 4) is 12.3 Å². The van der Waals surface area contributed by atoms with Crippen LogP contribution in [-0.2, 0) is 0 Å². The van der Waals surface area contributed by atoms with E-state index in [4.69, 9.17) is 6.42 Å². The van der Waals surface area contributed by atoms with Gasteiger partial charge in [-0.25, -0.2) is 9.37 Å². The van der Waals surface area contributed by atoms with E-state index in [-0.39, 0.29) is 5.56 Å². The average molecular weight is 259 g/mol. The van der Waals surface area contributed by atoms with Crippen molar-refractivity contribution in [3.05, 3.63) is 46.2 Å². The van der Waals surface area contributed by atoms with Gasteiger partial charge in [0.2, 0.25) is 5.13 Å². The van der Waals surface area contributed by atoms with Gasteiger partial charge in [0.25, 0.3) is 0 Å². The monoisotopic (exact) mass is 259 g/mol. The fourth-order valence-electron chi connectivity index (χ4n) is 1.30. The molecule has 5 heteroatoms. The lowest BCUT2D eigenvalue weighted by Crippen LogP contribution is -1.92. The number of rotatable bonds is 3. The molecule has 0 radical (unpaired) electrons. The minimum Gasteiger partial charge on any atom is -0.253 e. The van der Waals surface area contributed by atoms with Crippen LogP contribution < -0.4 is 5.43 Å². The second-order valence-electron chi connectivity index (χ2n) is 3.55. The Labute approximate surface area is 108 Å². The first-order valence-corrected chi connectivity index (χ1v) is 6.04. The zero-order chi connectivity index (χ0) is 13.0. The van der Waals surface area contributed by atoms with E-state index < -0.39 is 5.82 Å². The van der Waals surface area contributed by atoms with Crippen molar-refractivity contribution in [2.24, 2.45) is 5.10 Å². The van der Waals surface area contributed by atoms with Gasteiger partial charge in [0, 0.05) is 5.38 Å². The topological polar surface area (TPSA) is 37.3 Å². The molecule has 18 heavy (non-hydrogen) atoms. The molecule has 3 nitrogen and oxygen atoms in total. The standard InChI is InChI=1S/C13H10FN3S/c1-3-11-6-10(4-5-12(11)14)7-15-17-13-16-9(2)8-18-13/h1,4-8H,2H3,(H,16,17). The molecule has 0 aliphatic heterocycles. The highest BCUT2D eigenvalue weighted by atomic mass is 32.1. The summed E-state index contributed by atoms with van der Waals surface area (Å²) in [4.78, 5) is 4.19. The van der Waals surface area contributed by atoms with Crippen molar-refractivity contribution >= 4 is 22.7 Å². The largest absolute Gasteiger partial charge is 0.253 e. The van der Waals surface area contributed by atoms with Gasteiger partial charge in [0.15, 0.2) is 0 Å². The van der Waals surface area contributed by atoms with E-state index in [1.165, 1.54) is 17.4 Å². The SMILES string of the molecule is C#Cc1cc(C=NNc2nc(C)cs2)ccc1F. The second kappa shape index (κ2) is 5.43. The van der Waals surface area contributed by atoms with Crippen LogP contribution in [0.15, 0.2) is 28.7 Å². The molecule has 0 spiro atoms. The Hall–Kier alpha value is -2.19. The minimum absolute atomic E-state index is 0.226. The van der Waals surface area contributed by atoms with Crippen LogP contribution in [0.3, 0.4) is 0 Å². The normalized spacial score (nSPS) is 10.5. The number of anilines is 1. The predicted molar refractivity (Wildman–Crippen MR) is 72.4 cm³/mol. The first kappa shape index (κ1) is 12.3. The molecule has 90 valence electrons. The molecule has 0 amide bonds. The van der Waals surface area contributed by atoms with E-state index in [1.54, 1.807) is 18.3 Å². The van der Waals surface area contributed by atoms with Gasteiger partial charge in [-0.05, 0) is 24.6 Å². The summed E-state index contributed by atoms with van der Waals surface area (Å²) >= 11 is 1.47. The third-order valence-corrected chi connectivity index (χ3v) is 3.00.